The van der Waals surface area contributed by atoms with Crippen molar-refractivity contribution >= 4 is 44.8 Å². The van der Waals surface area contributed by atoms with Gasteiger partial charge in [-0.3, -0.25) is 9.59 Å². The number of piperazine rings is 1. The SMILES string of the molecule is O=C1CCCN1Cc1cccc(C(=O)N2CCN(S(=O)(=O)c3ccc(Cl)s3)CC2)c1. The van der Waals surface area contributed by atoms with Crippen LogP contribution < -0.4 is 0 Å². The van der Waals surface area contributed by atoms with Crippen LogP contribution in [-0.2, 0) is 21.4 Å². The van der Waals surface area contributed by atoms with E-state index in [2.05, 4.69) is 0 Å². The van der Waals surface area contributed by atoms with Crippen LogP contribution in [0, 0.1) is 0 Å². The second-order valence-electron chi connectivity index (χ2n) is 7.37. The lowest BCUT2D eigenvalue weighted by molar-refractivity contribution is -0.128. The zero-order chi connectivity index (χ0) is 21.3. The van der Waals surface area contributed by atoms with Crippen molar-refractivity contribution in [3.05, 3.63) is 51.9 Å². The highest BCUT2D eigenvalue weighted by Gasteiger charge is 2.31. The van der Waals surface area contributed by atoms with Gasteiger partial charge in [0.1, 0.15) is 4.21 Å². The Bertz CT molecular complexity index is 1060. The molecular weight excluding hydrogens is 446 g/mol. The van der Waals surface area contributed by atoms with Crippen molar-refractivity contribution in [2.75, 3.05) is 32.7 Å². The average molecular weight is 468 g/mol. The molecule has 2 fully saturated rings. The van der Waals surface area contributed by atoms with Gasteiger partial charge in [-0.1, -0.05) is 23.7 Å². The van der Waals surface area contributed by atoms with Crippen molar-refractivity contribution in [2.24, 2.45) is 0 Å². The molecule has 4 rings (SSSR count). The maximum atomic E-state index is 12.9. The summed E-state index contributed by atoms with van der Waals surface area (Å²) >= 11 is 6.91. The molecule has 2 aliphatic rings. The van der Waals surface area contributed by atoms with Gasteiger partial charge in [0.05, 0.1) is 4.34 Å². The van der Waals surface area contributed by atoms with E-state index in [0.717, 1.165) is 29.9 Å². The molecule has 0 saturated carbocycles. The van der Waals surface area contributed by atoms with Gasteiger partial charge >= 0.3 is 0 Å². The fraction of sp³-hybridized carbons (Fsp3) is 0.400. The third kappa shape index (κ3) is 4.39. The van der Waals surface area contributed by atoms with E-state index in [1.54, 1.807) is 17.0 Å². The molecule has 3 heterocycles. The van der Waals surface area contributed by atoms with Gasteiger partial charge in [0.2, 0.25) is 5.91 Å². The Morgan fingerprint density at radius 2 is 1.83 bits per heavy atom. The standard InChI is InChI=1S/C20H22ClN3O4S2/c21-17-6-7-19(29-17)30(27,28)24-11-9-22(10-12-24)20(26)16-4-1-3-15(13-16)14-23-8-2-5-18(23)25/h1,3-4,6-7,13H,2,5,8-12,14H2. The fourth-order valence-corrected chi connectivity index (χ4v) is 6.83. The third-order valence-corrected chi connectivity index (χ3v) is 8.98. The predicted molar refractivity (Wildman–Crippen MR) is 115 cm³/mol. The summed E-state index contributed by atoms with van der Waals surface area (Å²) in [5.74, 6) is 0.0249. The van der Waals surface area contributed by atoms with E-state index < -0.39 is 10.0 Å². The van der Waals surface area contributed by atoms with Crippen LogP contribution in [0.25, 0.3) is 0 Å². The predicted octanol–water partition coefficient (Wildman–Crippen LogP) is 2.67. The number of hydrogen-bond donors (Lipinski definition) is 0. The highest BCUT2D eigenvalue weighted by atomic mass is 35.5. The molecule has 0 spiro atoms. The number of amides is 2. The summed E-state index contributed by atoms with van der Waals surface area (Å²) in [6, 6.07) is 10.4. The number of benzene rings is 1. The van der Waals surface area contributed by atoms with E-state index in [0.29, 0.717) is 36.0 Å². The first-order chi connectivity index (χ1) is 14.3. The molecule has 2 amide bonds. The van der Waals surface area contributed by atoms with Gasteiger partial charge in [0.25, 0.3) is 15.9 Å². The van der Waals surface area contributed by atoms with E-state index >= 15 is 0 Å². The first kappa shape index (κ1) is 21.3. The topological polar surface area (TPSA) is 78.0 Å². The Balaban J connectivity index is 1.40. The van der Waals surface area contributed by atoms with Gasteiger partial charge in [0.15, 0.2) is 0 Å². The summed E-state index contributed by atoms with van der Waals surface area (Å²) in [6.45, 7) is 2.40. The van der Waals surface area contributed by atoms with Crippen LogP contribution in [0.5, 0.6) is 0 Å². The molecule has 1 aromatic heterocycles. The Morgan fingerprint density at radius 1 is 1.07 bits per heavy atom. The molecule has 0 unspecified atom stereocenters. The lowest BCUT2D eigenvalue weighted by Crippen LogP contribution is -2.50. The van der Waals surface area contributed by atoms with Crippen molar-refractivity contribution in [3.63, 3.8) is 0 Å². The molecule has 2 saturated heterocycles. The Kier molecular flexibility index (Phi) is 6.15. The van der Waals surface area contributed by atoms with Crippen molar-refractivity contribution in [3.8, 4) is 0 Å². The largest absolute Gasteiger partial charge is 0.338 e. The van der Waals surface area contributed by atoms with Crippen LogP contribution in [0.15, 0.2) is 40.6 Å². The Labute approximate surface area is 184 Å². The zero-order valence-corrected chi connectivity index (χ0v) is 18.7. The molecule has 1 aromatic carbocycles. The lowest BCUT2D eigenvalue weighted by atomic mass is 10.1. The second kappa shape index (κ2) is 8.66. The minimum Gasteiger partial charge on any atom is -0.338 e. The summed E-state index contributed by atoms with van der Waals surface area (Å²) < 4.78 is 27.5. The highest BCUT2D eigenvalue weighted by Crippen LogP contribution is 2.28. The molecule has 0 aliphatic carbocycles. The zero-order valence-electron chi connectivity index (χ0n) is 16.3. The highest BCUT2D eigenvalue weighted by molar-refractivity contribution is 7.91. The molecule has 0 N–H and O–H groups in total. The number of halogens is 1. The number of thiophene rings is 1. The van der Waals surface area contributed by atoms with Gasteiger partial charge in [-0.25, -0.2) is 8.42 Å². The summed E-state index contributed by atoms with van der Waals surface area (Å²) in [7, 11) is -3.59. The number of sulfonamides is 1. The van der Waals surface area contributed by atoms with E-state index in [9.17, 15) is 18.0 Å². The van der Waals surface area contributed by atoms with Crippen molar-refractivity contribution < 1.29 is 18.0 Å². The van der Waals surface area contributed by atoms with E-state index in [4.69, 9.17) is 11.6 Å². The van der Waals surface area contributed by atoms with E-state index in [1.807, 2.05) is 23.1 Å². The molecule has 2 aliphatic heterocycles. The van der Waals surface area contributed by atoms with Crippen LogP contribution in [0.1, 0.15) is 28.8 Å². The lowest BCUT2D eigenvalue weighted by Gasteiger charge is -2.33. The van der Waals surface area contributed by atoms with Gasteiger partial charge in [0, 0.05) is 51.3 Å². The number of carbonyl (C=O) groups excluding carboxylic acids is 2. The van der Waals surface area contributed by atoms with Crippen LogP contribution in [0.3, 0.4) is 0 Å². The van der Waals surface area contributed by atoms with Crippen molar-refractivity contribution in [2.45, 2.75) is 23.6 Å². The molecule has 0 atom stereocenters. The molecule has 0 bridgehead atoms. The van der Waals surface area contributed by atoms with Crippen LogP contribution in [0.2, 0.25) is 4.34 Å². The number of nitrogens with zero attached hydrogens (tertiary/aromatic N) is 3. The summed E-state index contributed by atoms with van der Waals surface area (Å²) in [6.07, 6.45) is 1.46. The van der Waals surface area contributed by atoms with Crippen molar-refractivity contribution in [1.29, 1.82) is 0 Å². The monoisotopic (exact) mass is 467 g/mol. The quantitative estimate of drug-likeness (QED) is 0.677. The van der Waals surface area contributed by atoms with E-state index in [-0.39, 0.29) is 29.1 Å². The second-order valence-corrected chi connectivity index (χ2v) is 11.3. The smallest absolute Gasteiger partial charge is 0.253 e. The van der Waals surface area contributed by atoms with Crippen LogP contribution in [0.4, 0.5) is 0 Å². The number of carbonyl (C=O) groups is 2. The summed E-state index contributed by atoms with van der Waals surface area (Å²) in [4.78, 5) is 28.3. The Morgan fingerprint density at radius 3 is 2.47 bits per heavy atom. The minimum absolute atomic E-state index is 0.124. The molecule has 0 radical (unpaired) electrons. The van der Waals surface area contributed by atoms with Gasteiger partial charge in [-0.15, -0.1) is 11.3 Å². The first-order valence-corrected chi connectivity index (χ1v) is 12.4. The van der Waals surface area contributed by atoms with Gasteiger partial charge < -0.3 is 9.80 Å². The van der Waals surface area contributed by atoms with Crippen LogP contribution in [-0.4, -0.2) is 67.1 Å². The molecular formula is C20H22ClN3O4S2. The molecule has 30 heavy (non-hydrogen) atoms. The molecule has 2 aromatic rings. The van der Waals surface area contributed by atoms with Gasteiger partial charge in [-0.05, 0) is 36.2 Å². The molecule has 10 heteroatoms. The fourth-order valence-electron chi connectivity index (χ4n) is 3.77. The number of rotatable bonds is 5. The van der Waals surface area contributed by atoms with E-state index in [1.165, 1.54) is 10.4 Å². The average Bonchev–Trinajstić information content (AvgIpc) is 3.36. The maximum Gasteiger partial charge on any atom is 0.253 e. The molecule has 160 valence electrons. The van der Waals surface area contributed by atoms with Crippen molar-refractivity contribution in [1.82, 2.24) is 14.1 Å². The van der Waals surface area contributed by atoms with Gasteiger partial charge in [-0.2, -0.15) is 4.31 Å². The Hall–Kier alpha value is -1.94. The van der Waals surface area contributed by atoms with Crippen LogP contribution >= 0.6 is 22.9 Å². The molecule has 7 nitrogen and oxygen atoms in total. The maximum absolute atomic E-state index is 12.9. The minimum atomic E-state index is -3.59. The first-order valence-electron chi connectivity index (χ1n) is 9.76. The number of hydrogen-bond acceptors (Lipinski definition) is 5. The summed E-state index contributed by atoms with van der Waals surface area (Å²) in [5.41, 5.74) is 1.48. The number of likely N-dealkylation sites (tertiary alicyclic amines) is 1. The third-order valence-electron chi connectivity index (χ3n) is 5.39. The normalized spacial score (nSPS) is 18.2. The summed E-state index contributed by atoms with van der Waals surface area (Å²) in [5, 5.41) is 0.